The van der Waals surface area contributed by atoms with Crippen LogP contribution in [-0.4, -0.2) is 29.8 Å². The quantitative estimate of drug-likeness (QED) is 0.634. The lowest BCUT2D eigenvalue weighted by atomic mass is 9.92. The molecule has 2 N–H and O–H groups in total. The molecule has 0 saturated heterocycles. The van der Waals surface area contributed by atoms with Crippen LogP contribution in [0, 0.1) is 5.92 Å². The number of rotatable bonds is 6. The molecule has 0 radical (unpaired) electrons. The van der Waals surface area contributed by atoms with Crippen molar-refractivity contribution >= 4 is 12.1 Å². The van der Waals surface area contributed by atoms with Gasteiger partial charge in [-0.2, -0.15) is 0 Å². The van der Waals surface area contributed by atoms with E-state index in [-0.39, 0.29) is 12.5 Å². The number of alkyl carbamates (subject to hydrolysis) is 1. The first-order valence-electron chi connectivity index (χ1n) is 11.0. The Morgan fingerprint density at radius 1 is 0.933 bits per heavy atom. The highest BCUT2D eigenvalue weighted by Crippen LogP contribution is 2.44. The third-order valence-electron chi connectivity index (χ3n) is 6.48. The topological polar surface area (TPSA) is 75.6 Å². The molecule has 2 aliphatic carbocycles. The summed E-state index contributed by atoms with van der Waals surface area (Å²) in [6.45, 7) is 0.190. The van der Waals surface area contributed by atoms with Crippen molar-refractivity contribution in [2.75, 3.05) is 6.61 Å². The molecule has 0 bridgehead atoms. The van der Waals surface area contributed by atoms with E-state index < -0.39 is 18.1 Å². The molecule has 2 aromatic carbocycles. The molecule has 2 aromatic rings. The minimum absolute atomic E-state index is 0.0340. The van der Waals surface area contributed by atoms with Crippen molar-refractivity contribution in [2.24, 2.45) is 5.92 Å². The second-order valence-corrected chi connectivity index (χ2v) is 8.45. The van der Waals surface area contributed by atoms with Crippen molar-refractivity contribution in [3.63, 3.8) is 0 Å². The zero-order valence-electron chi connectivity index (χ0n) is 17.2. The summed E-state index contributed by atoms with van der Waals surface area (Å²) in [6.07, 6.45) is 6.61. The Balaban J connectivity index is 1.38. The number of hydrogen-bond acceptors (Lipinski definition) is 3. The van der Waals surface area contributed by atoms with Gasteiger partial charge in [0.25, 0.3) is 0 Å². The fraction of sp³-hybridized carbons (Fsp3) is 0.440. The number of hydrogen-bond donors (Lipinski definition) is 2. The third kappa shape index (κ3) is 4.50. The number of fused-ring (bicyclic) bond motifs is 3. The van der Waals surface area contributed by atoms with Gasteiger partial charge >= 0.3 is 12.1 Å². The number of nitrogens with one attached hydrogen (secondary N) is 1. The van der Waals surface area contributed by atoms with Crippen molar-refractivity contribution in [1.82, 2.24) is 5.32 Å². The zero-order valence-corrected chi connectivity index (χ0v) is 17.2. The zero-order chi connectivity index (χ0) is 20.9. The number of amides is 1. The number of carboxylic acid groups (broad SMARTS) is 1. The van der Waals surface area contributed by atoms with E-state index in [0.29, 0.717) is 12.3 Å². The van der Waals surface area contributed by atoms with E-state index in [2.05, 4.69) is 29.6 Å². The van der Waals surface area contributed by atoms with E-state index in [1.807, 2.05) is 24.3 Å². The Morgan fingerprint density at radius 3 is 2.07 bits per heavy atom. The molecule has 5 heteroatoms. The molecule has 0 unspecified atom stereocenters. The maximum atomic E-state index is 12.5. The van der Waals surface area contributed by atoms with Crippen LogP contribution in [0.2, 0.25) is 0 Å². The number of benzene rings is 2. The molecule has 0 spiro atoms. The van der Waals surface area contributed by atoms with Crippen molar-refractivity contribution in [3.8, 4) is 11.1 Å². The molecular formula is C25H29NO4. The van der Waals surface area contributed by atoms with E-state index in [1.54, 1.807) is 0 Å². The van der Waals surface area contributed by atoms with Gasteiger partial charge in [0.1, 0.15) is 12.6 Å². The van der Waals surface area contributed by atoms with Gasteiger partial charge in [-0.05, 0) is 34.6 Å². The van der Waals surface area contributed by atoms with Gasteiger partial charge in [-0.3, -0.25) is 0 Å². The largest absolute Gasteiger partial charge is 0.480 e. The lowest BCUT2D eigenvalue weighted by Crippen LogP contribution is -2.42. The highest BCUT2D eigenvalue weighted by molar-refractivity contribution is 5.81. The smallest absolute Gasteiger partial charge is 0.407 e. The number of carboxylic acids is 1. The van der Waals surface area contributed by atoms with Gasteiger partial charge < -0.3 is 15.2 Å². The summed E-state index contributed by atoms with van der Waals surface area (Å²) in [5.41, 5.74) is 4.61. The van der Waals surface area contributed by atoms with Crippen LogP contribution in [0.5, 0.6) is 0 Å². The predicted molar refractivity (Wildman–Crippen MR) is 115 cm³/mol. The van der Waals surface area contributed by atoms with Crippen LogP contribution in [0.25, 0.3) is 11.1 Å². The van der Waals surface area contributed by atoms with Gasteiger partial charge in [-0.15, -0.1) is 0 Å². The molecule has 1 amide bonds. The van der Waals surface area contributed by atoms with Crippen molar-refractivity contribution in [2.45, 2.75) is 56.9 Å². The van der Waals surface area contributed by atoms with Crippen LogP contribution in [0.15, 0.2) is 48.5 Å². The summed E-state index contributed by atoms with van der Waals surface area (Å²) in [6, 6.07) is 15.4. The first kappa shape index (κ1) is 20.5. The Labute approximate surface area is 177 Å². The van der Waals surface area contributed by atoms with Gasteiger partial charge in [0, 0.05) is 5.92 Å². The highest BCUT2D eigenvalue weighted by atomic mass is 16.5. The van der Waals surface area contributed by atoms with Crippen LogP contribution in [0.1, 0.15) is 62.0 Å². The Kier molecular flexibility index (Phi) is 6.36. The molecule has 2 aliphatic rings. The van der Waals surface area contributed by atoms with Gasteiger partial charge in [-0.1, -0.05) is 87.1 Å². The van der Waals surface area contributed by atoms with E-state index in [9.17, 15) is 14.7 Å². The van der Waals surface area contributed by atoms with Crippen LogP contribution in [0.4, 0.5) is 4.79 Å². The second kappa shape index (κ2) is 9.33. The molecule has 0 aromatic heterocycles. The average molecular weight is 408 g/mol. The van der Waals surface area contributed by atoms with Gasteiger partial charge in [0.15, 0.2) is 0 Å². The number of carbonyl (C=O) groups excluding carboxylic acids is 1. The van der Waals surface area contributed by atoms with E-state index >= 15 is 0 Å². The minimum atomic E-state index is -0.993. The predicted octanol–water partition coefficient (Wildman–Crippen LogP) is 5.34. The molecule has 1 atom stereocenters. The summed E-state index contributed by atoms with van der Waals surface area (Å²) in [7, 11) is 0. The summed E-state index contributed by atoms with van der Waals surface area (Å²) >= 11 is 0. The summed E-state index contributed by atoms with van der Waals surface area (Å²) in [4.78, 5) is 24.2. The Bertz CT molecular complexity index is 856. The van der Waals surface area contributed by atoms with Crippen LogP contribution in [-0.2, 0) is 9.53 Å². The fourth-order valence-electron chi connectivity index (χ4n) is 4.94. The van der Waals surface area contributed by atoms with Crippen LogP contribution in [0.3, 0.4) is 0 Å². The summed E-state index contributed by atoms with van der Waals surface area (Å²) < 4.78 is 5.52. The summed E-state index contributed by atoms with van der Waals surface area (Å²) in [5, 5.41) is 12.2. The highest BCUT2D eigenvalue weighted by Gasteiger charge is 2.30. The third-order valence-corrected chi connectivity index (χ3v) is 6.48. The normalized spacial score (nSPS) is 17.5. The molecule has 30 heavy (non-hydrogen) atoms. The van der Waals surface area contributed by atoms with Crippen LogP contribution >= 0.6 is 0 Å². The molecule has 5 nitrogen and oxygen atoms in total. The van der Waals surface area contributed by atoms with Crippen molar-refractivity contribution in [1.29, 1.82) is 0 Å². The van der Waals surface area contributed by atoms with Gasteiger partial charge in [-0.25, -0.2) is 9.59 Å². The Morgan fingerprint density at radius 2 is 1.50 bits per heavy atom. The molecule has 0 heterocycles. The second-order valence-electron chi connectivity index (χ2n) is 8.45. The average Bonchev–Trinajstić information content (AvgIpc) is 2.88. The first-order valence-corrected chi connectivity index (χ1v) is 11.0. The first-order chi connectivity index (χ1) is 14.6. The lowest BCUT2D eigenvalue weighted by molar-refractivity contribution is -0.139. The fourth-order valence-corrected chi connectivity index (χ4v) is 4.94. The minimum Gasteiger partial charge on any atom is -0.480 e. The number of aliphatic carboxylic acids is 1. The molecule has 1 saturated carbocycles. The van der Waals surface area contributed by atoms with E-state index in [0.717, 1.165) is 36.8 Å². The maximum absolute atomic E-state index is 12.5. The molecular weight excluding hydrogens is 378 g/mol. The number of carbonyl (C=O) groups is 2. The maximum Gasteiger partial charge on any atom is 0.407 e. The van der Waals surface area contributed by atoms with Crippen LogP contribution < -0.4 is 5.32 Å². The molecule has 4 rings (SSSR count). The summed E-state index contributed by atoms with van der Waals surface area (Å²) in [5.74, 6) is -0.677. The van der Waals surface area contributed by atoms with Gasteiger partial charge in [0.2, 0.25) is 0 Å². The lowest BCUT2D eigenvalue weighted by Gasteiger charge is -2.21. The van der Waals surface area contributed by atoms with Crippen molar-refractivity contribution in [3.05, 3.63) is 59.7 Å². The monoisotopic (exact) mass is 407 g/mol. The standard InChI is InChI=1S/C25H29NO4/c27-24(28)23(15-17-9-3-1-2-4-10-17)26-25(29)30-16-22-20-13-7-5-11-18(20)19-12-6-8-14-21(19)22/h5-8,11-14,17,22-23H,1-4,9-10,15-16H2,(H,26,29)(H,27,28)/t23-/m0/s1. The van der Waals surface area contributed by atoms with E-state index in [1.165, 1.54) is 24.0 Å². The van der Waals surface area contributed by atoms with Crippen molar-refractivity contribution < 1.29 is 19.4 Å². The van der Waals surface area contributed by atoms with E-state index in [4.69, 9.17) is 4.74 Å². The SMILES string of the molecule is O=C(N[C@@H](CC1CCCCCC1)C(=O)O)OCC1c2ccccc2-c2ccccc21. The molecule has 1 fully saturated rings. The van der Waals surface area contributed by atoms with Gasteiger partial charge in [0.05, 0.1) is 0 Å². The molecule has 158 valence electrons. The molecule has 0 aliphatic heterocycles. The Hall–Kier alpha value is -2.82. The number of ether oxygens (including phenoxy) is 1.